The molecule has 0 saturated heterocycles. The minimum absolute atomic E-state index is 0.0692. The molecule has 0 atom stereocenters. The predicted octanol–water partition coefficient (Wildman–Crippen LogP) is 4.42. The van der Waals surface area contributed by atoms with E-state index in [-0.39, 0.29) is 11.7 Å². The lowest BCUT2D eigenvalue weighted by Crippen LogP contribution is -2.25. The van der Waals surface area contributed by atoms with Gasteiger partial charge in [-0.25, -0.2) is 4.39 Å². The Labute approximate surface area is 147 Å². The van der Waals surface area contributed by atoms with Crippen LogP contribution in [0.25, 0.3) is 0 Å². The van der Waals surface area contributed by atoms with E-state index in [0.717, 1.165) is 12.2 Å². The number of aryl methyl sites for hydroxylation is 3. The molecule has 2 aromatic carbocycles. The Balaban J connectivity index is 1.61. The Kier molecular flexibility index (Phi) is 7.32. The summed E-state index contributed by atoms with van der Waals surface area (Å²) in [7, 11) is 0. The van der Waals surface area contributed by atoms with Crippen LogP contribution in [0.4, 0.5) is 4.39 Å². The molecule has 0 unspecified atom stereocenters. The van der Waals surface area contributed by atoms with Crippen LogP contribution in [0.3, 0.4) is 0 Å². The quantitative estimate of drug-likeness (QED) is 0.717. The monoisotopic (exact) mass is 345 g/mol. The lowest BCUT2D eigenvalue weighted by Gasteiger charge is -2.07. The highest BCUT2D eigenvalue weighted by atomic mass is 32.2. The Morgan fingerprint density at radius 1 is 1.12 bits per heavy atom. The summed E-state index contributed by atoms with van der Waals surface area (Å²) < 4.78 is 13.5. The summed E-state index contributed by atoms with van der Waals surface area (Å²) >= 11 is 1.63. The summed E-state index contributed by atoms with van der Waals surface area (Å²) in [4.78, 5) is 11.9. The van der Waals surface area contributed by atoms with Gasteiger partial charge in [-0.2, -0.15) is 11.8 Å². The number of halogens is 1. The summed E-state index contributed by atoms with van der Waals surface area (Å²) in [6, 6.07) is 13.1. The predicted molar refractivity (Wildman–Crippen MR) is 99.8 cm³/mol. The van der Waals surface area contributed by atoms with Gasteiger partial charge >= 0.3 is 0 Å². The van der Waals surface area contributed by atoms with Gasteiger partial charge in [-0.15, -0.1) is 0 Å². The minimum Gasteiger partial charge on any atom is -0.355 e. The molecule has 0 spiro atoms. The van der Waals surface area contributed by atoms with Crippen LogP contribution in [0.2, 0.25) is 0 Å². The van der Waals surface area contributed by atoms with Gasteiger partial charge in [-0.1, -0.05) is 36.4 Å². The Morgan fingerprint density at radius 3 is 2.67 bits per heavy atom. The van der Waals surface area contributed by atoms with E-state index in [9.17, 15) is 9.18 Å². The minimum atomic E-state index is -0.164. The van der Waals surface area contributed by atoms with E-state index in [2.05, 4.69) is 37.4 Å². The van der Waals surface area contributed by atoms with E-state index in [1.54, 1.807) is 23.9 Å². The standard InChI is InChI=1S/C20H24FNOS/c1-15-7-8-17(13-16(15)2)9-10-20(23)22-11-12-24-14-18-5-3-4-6-19(18)21/h3-8,13H,9-12,14H2,1-2H3,(H,22,23). The topological polar surface area (TPSA) is 29.1 Å². The van der Waals surface area contributed by atoms with Gasteiger partial charge in [0.1, 0.15) is 5.82 Å². The van der Waals surface area contributed by atoms with Crippen molar-refractivity contribution in [3.05, 3.63) is 70.5 Å². The molecule has 0 radical (unpaired) electrons. The fourth-order valence-corrected chi connectivity index (χ4v) is 3.21. The van der Waals surface area contributed by atoms with Gasteiger partial charge in [0.25, 0.3) is 0 Å². The maximum Gasteiger partial charge on any atom is 0.220 e. The van der Waals surface area contributed by atoms with Crippen molar-refractivity contribution in [3.63, 3.8) is 0 Å². The van der Waals surface area contributed by atoms with Crippen LogP contribution in [0, 0.1) is 19.7 Å². The first-order valence-electron chi connectivity index (χ1n) is 8.20. The molecule has 1 amide bonds. The van der Waals surface area contributed by atoms with Gasteiger partial charge in [-0.3, -0.25) is 4.79 Å². The van der Waals surface area contributed by atoms with Crippen molar-refractivity contribution in [1.29, 1.82) is 0 Å². The molecule has 2 aromatic rings. The van der Waals surface area contributed by atoms with Crippen molar-refractivity contribution in [2.75, 3.05) is 12.3 Å². The number of hydrogen-bond donors (Lipinski definition) is 1. The van der Waals surface area contributed by atoms with E-state index in [1.165, 1.54) is 22.8 Å². The first-order valence-corrected chi connectivity index (χ1v) is 9.35. The maximum absolute atomic E-state index is 13.5. The van der Waals surface area contributed by atoms with E-state index in [0.29, 0.717) is 24.3 Å². The number of carbonyl (C=O) groups is 1. The third kappa shape index (κ3) is 6.00. The number of thioether (sulfide) groups is 1. The molecule has 24 heavy (non-hydrogen) atoms. The molecule has 0 aliphatic carbocycles. The molecule has 0 heterocycles. The van der Waals surface area contributed by atoms with Crippen molar-refractivity contribution < 1.29 is 9.18 Å². The molecule has 0 fully saturated rings. The molecule has 2 nitrogen and oxygen atoms in total. The van der Waals surface area contributed by atoms with Gasteiger partial charge in [0.15, 0.2) is 0 Å². The van der Waals surface area contributed by atoms with Crippen LogP contribution in [0.1, 0.15) is 28.7 Å². The van der Waals surface area contributed by atoms with Gasteiger partial charge in [0.05, 0.1) is 0 Å². The first kappa shape index (κ1) is 18.5. The second-order valence-corrected chi connectivity index (χ2v) is 7.02. The van der Waals surface area contributed by atoms with Gasteiger partial charge in [0, 0.05) is 24.5 Å². The molecule has 0 aromatic heterocycles. The molecule has 0 bridgehead atoms. The van der Waals surface area contributed by atoms with Crippen LogP contribution in [0.5, 0.6) is 0 Å². The molecule has 0 saturated carbocycles. The average Bonchev–Trinajstić information content (AvgIpc) is 2.57. The van der Waals surface area contributed by atoms with E-state index in [1.807, 2.05) is 6.07 Å². The van der Waals surface area contributed by atoms with Crippen LogP contribution >= 0.6 is 11.8 Å². The number of benzene rings is 2. The number of carbonyl (C=O) groups excluding carboxylic acids is 1. The summed E-state index contributed by atoms with van der Waals surface area (Å²) in [6.45, 7) is 4.79. The van der Waals surface area contributed by atoms with Crippen molar-refractivity contribution in [3.8, 4) is 0 Å². The lowest BCUT2D eigenvalue weighted by molar-refractivity contribution is -0.120. The zero-order chi connectivity index (χ0) is 17.4. The molecule has 2 rings (SSSR count). The Morgan fingerprint density at radius 2 is 1.92 bits per heavy atom. The second-order valence-electron chi connectivity index (χ2n) is 5.91. The highest BCUT2D eigenvalue weighted by Gasteiger charge is 2.04. The van der Waals surface area contributed by atoms with Gasteiger partial charge in [-0.05, 0) is 48.6 Å². The third-order valence-electron chi connectivity index (χ3n) is 4.00. The first-order chi connectivity index (χ1) is 11.6. The average molecular weight is 345 g/mol. The smallest absolute Gasteiger partial charge is 0.220 e. The molecular formula is C20H24FNOS. The van der Waals surface area contributed by atoms with Crippen LogP contribution < -0.4 is 5.32 Å². The summed E-state index contributed by atoms with van der Waals surface area (Å²) in [5, 5.41) is 2.93. The molecular weight excluding hydrogens is 321 g/mol. The van der Waals surface area contributed by atoms with Crippen molar-refractivity contribution in [1.82, 2.24) is 5.32 Å². The third-order valence-corrected chi connectivity index (χ3v) is 5.00. The highest BCUT2D eigenvalue weighted by molar-refractivity contribution is 7.98. The van der Waals surface area contributed by atoms with E-state index < -0.39 is 0 Å². The van der Waals surface area contributed by atoms with Gasteiger partial charge in [0.2, 0.25) is 5.91 Å². The lowest BCUT2D eigenvalue weighted by atomic mass is 10.0. The highest BCUT2D eigenvalue weighted by Crippen LogP contribution is 2.15. The number of rotatable bonds is 8. The van der Waals surface area contributed by atoms with Crippen LogP contribution in [0.15, 0.2) is 42.5 Å². The molecule has 128 valence electrons. The zero-order valence-electron chi connectivity index (χ0n) is 14.3. The maximum atomic E-state index is 13.5. The van der Waals surface area contributed by atoms with Gasteiger partial charge < -0.3 is 5.32 Å². The molecule has 0 aliphatic heterocycles. The second kappa shape index (κ2) is 9.48. The Bertz CT molecular complexity index is 687. The number of hydrogen-bond acceptors (Lipinski definition) is 2. The largest absolute Gasteiger partial charge is 0.355 e. The van der Waals surface area contributed by atoms with Crippen molar-refractivity contribution >= 4 is 17.7 Å². The molecule has 1 N–H and O–H groups in total. The van der Waals surface area contributed by atoms with Crippen LogP contribution in [-0.4, -0.2) is 18.2 Å². The fourth-order valence-electron chi connectivity index (χ4n) is 2.37. The Hall–Kier alpha value is -1.81. The summed E-state index contributed by atoms with van der Waals surface area (Å²) in [5.74, 6) is 1.32. The number of amides is 1. The van der Waals surface area contributed by atoms with Crippen molar-refractivity contribution in [2.24, 2.45) is 0 Å². The normalized spacial score (nSPS) is 10.6. The summed E-state index contributed by atoms with van der Waals surface area (Å²) in [5.41, 5.74) is 4.44. The van der Waals surface area contributed by atoms with Crippen LogP contribution in [-0.2, 0) is 17.0 Å². The SMILES string of the molecule is Cc1ccc(CCC(=O)NCCSCc2ccccc2F)cc1C. The summed E-state index contributed by atoms with van der Waals surface area (Å²) in [6.07, 6.45) is 1.26. The molecule has 4 heteroatoms. The molecule has 0 aliphatic rings. The van der Waals surface area contributed by atoms with E-state index in [4.69, 9.17) is 0 Å². The number of nitrogens with one attached hydrogen (secondary N) is 1. The van der Waals surface area contributed by atoms with Crippen molar-refractivity contribution in [2.45, 2.75) is 32.4 Å². The van der Waals surface area contributed by atoms with E-state index >= 15 is 0 Å². The zero-order valence-corrected chi connectivity index (χ0v) is 15.1. The fraction of sp³-hybridized carbons (Fsp3) is 0.350.